The van der Waals surface area contributed by atoms with Crippen molar-refractivity contribution in [2.75, 3.05) is 13.2 Å². The Bertz CT molecular complexity index is 411. The molecule has 0 radical (unpaired) electrons. The average molecular weight is 259 g/mol. The van der Waals surface area contributed by atoms with E-state index in [1.807, 2.05) is 0 Å². The van der Waals surface area contributed by atoms with Crippen molar-refractivity contribution in [3.63, 3.8) is 0 Å². The first-order valence-electron chi connectivity index (χ1n) is 6.00. The molecule has 1 atom stereocenters. The number of rotatable bonds is 3. The summed E-state index contributed by atoms with van der Waals surface area (Å²) in [6, 6.07) is 4.06. The zero-order valence-corrected chi connectivity index (χ0v) is 10.2. The molecule has 18 heavy (non-hydrogen) atoms. The van der Waals surface area contributed by atoms with Crippen molar-refractivity contribution in [2.24, 2.45) is 0 Å². The minimum atomic E-state index is -4.32. The molecule has 2 rings (SSSR count). The molecular formula is C13H16F3NO. The molecule has 1 fully saturated rings. The first-order chi connectivity index (χ1) is 8.45. The second-order valence-electron chi connectivity index (χ2n) is 4.64. The van der Waals surface area contributed by atoms with Crippen LogP contribution in [0.25, 0.3) is 0 Å². The third kappa shape index (κ3) is 3.38. The topological polar surface area (TPSA) is 21.3 Å². The van der Waals surface area contributed by atoms with E-state index in [1.54, 1.807) is 13.0 Å². The normalized spacial score (nSPS) is 20.1. The van der Waals surface area contributed by atoms with Crippen LogP contribution in [0.5, 0.6) is 5.75 Å². The van der Waals surface area contributed by atoms with E-state index < -0.39 is 11.7 Å². The van der Waals surface area contributed by atoms with E-state index in [-0.39, 0.29) is 11.8 Å². The quantitative estimate of drug-likeness (QED) is 0.900. The van der Waals surface area contributed by atoms with Crippen LogP contribution in [0.15, 0.2) is 18.2 Å². The Kier molecular flexibility index (Phi) is 3.80. The molecule has 0 spiro atoms. The van der Waals surface area contributed by atoms with Gasteiger partial charge >= 0.3 is 6.18 Å². The summed E-state index contributed by atoms with van der Waals surface area (Å²) in [4.78, 5) is 0. The summed E-state index contributed by atoms with van der Waals surface area (Å²) in [5.74, 6) is 0.288. The van der Waals surface area contributed by atoms with Crippen molar-refractivity contribution in [3.8, 4) is 5.75 Å². The second kappa shape index (κ2) is 5.18. The molecular weight excluding hydrogens is 243 g/mol. The minimum absolute atomic E-state index is 0.250. The highest BCUT2D eigenvalue weighted by Gasteiger charge is 2.31. The van der Waals surface area contributed by atoms with Gasteiger partial charge in [0.05, 0.1) is 5.56 Å². The van der Waals surface area contributed by atoms with Gasteiger partial charge < -0.3 is 10.1 Å². The van der Waals surface area contributed by atoms with Crippen LogP contribution in [0, 0.1) is 6.92 Å². The first kappa shape index (κ1) is 13.2. The van der Waals surface area contributed by atoms with Gasteiger partial charge in [0.2, 0.25) is 0 Å². The highest BCUT2D eigenvalue weighted by atomic mass is 19.4. The van der Waals surface area contributed by atoms with Gasteiger partial charge in [0.15, 0.2) is 0 Å². The lowest BCUT2D eigenvalue weighted by atomic mass is 10.1. The number of hydrogen-bond acceptors (Lipinski definition) is 2. The molecule has 1 aliphatic heterocycles. The number of hydrogen-bond donors (Lipinski definition) is 1. The van der Waals surface area contributed by atoms with E-state index in [1.165, 1.54) is 0 Å². The van der Waals surface area contributed by atoms with Crippen LogP contribution in [-0.4, -0.2) is 19.2 Å². The SMILES string of the molecule is Cc1cc(OC[C@@H]2CCCN2)cc(C(F)(F)F)c1. The number of nitrogens with one attached hydrogen (secondary N) is 1. The molecule has 0 unspecified atom stereocenters. The van der Waals surface area contributed by atoms with Gasteiger partial charge in [0.1, 0.15) is 12.4 Å². The summed E-state index contributed by atoms with van der Waals surface area (Å²) >= 11 is 0. The van der Waals surface area contributed by atoms with Crippen LogP contribution < -0.4 is 10.1 Å². The lowest BCUT2D eigenvalue weighted by Gasteiger charge is -2.14. The Morgan fingerprint density at radius 3 is 2.72 bits per heavy atom. The van der Waals surface area contributed by atoms with E-state index in [9.17, 15) is 13.2 Å². The Balaban J connectivity index is 2.05. The first-order valence-corrected chi connectivity index (χ1v) is 6.00. The molecule has 100 valence electrons. The van der Waals surface area contributed by atoms with E-state index in [0.717, 1.165) is 31.5 Å². The van der Waals surface area contributed by atoms with Gasteiger partial charge in [-0.1, -0.05) is 0 Å². The Morgan fingerprint density at radius 2 is 2.11 bits per heavy atom. The predicted octanol–water partition coefficient (Wildman–Crippen LogP) is 3.14. The molecule has 0 aliphatic carbocycles. The maximum absolute atomic E-state index is 12.6. The van der Waals surface area contributed by atoms with E-state index in [0.29, 0.717) is 12.2 Å². The zero-order chi connectivity index (χ0) is 13.2. The fourth-order valence-electron chi connectivity index (χ4n) is 2.09. The van der Waals surface area contributed by atoms with Gasteiger partial charge in [-0.2, -0.15) is 13.2 Å². The summed E-state index contributed by atoms with van der Waals surface area (Å²) in [6.45, 7) is 3.01. The molecule has 1 saturated heterocycles. The number of alkyl halides is 3. The summed E-state index contributed by atoms with van der Waals surface area (Å²) in [5.41, 5.74) is -0.101. The van der Waals surface area contributed by atoms with Crippen LogP contribution in [0.3, 0.4) is 0 Å². The van der Waals surface area contributed by atoms with Gasteiger partial charge in [-0.25, -0.2) is 0 Å². The lowest BCUT2D eigenvalue weighted by Crippen LogP contribution is -2.28. The fraction of sp³-hybridized carbons (Fsp3) is 0.538. The maximum Gasteiger partial charge on any atom is 0.416 e. The van der Waals surface area contributed by atoms with Gasteiger partial charge in [-0.15, -0.1) is 0 Å². The molecule has 0 saturated carbocycles. The molecule has 5 heteroatoms. The molecule has 0 bridgehead atoms. The van der Waals surface area contributed by atoms with Crippen LogP contribution in [0.4, 0.5) is 13.2 Å². The van der Waals surface area contributed by atoms with Gasteiger partial charge in [-0.3, -0.25) is 0 Å². The molecule has 0 amide bonds. The van der Waals surface area contributed by atoms with Crippen molar-refractivity contribution in [1.29, 1.82) is 0 Å². The van der Waals surface area contributed by atoms with Crippen LogP contribution in [0.2, 0.25) is 0 Å². The minimum Gasteiger partial charge on any atom is -0.492 e. The highest BCUT2D eigenvalue weighted by molar-refractivity contribution is 5.35. The average Bonchev–Trinajstić information content (AvgIpc) is 2.77. The van der Waals surface area contributed by atoms with Gasteiger partial charge in [0, 0.05) is 6.04 Å². The molecule has 1 heterocycles. The van der Waals surface area contributed by atoms with Crippen LogP contribution in [0.1, 0.15) is 24.0 Å². The van der Waals surface area contributed by atoms with Crippen molar-refractivity contribution >= 4 is 0 Å². The Hall–Kier alpha value is -1.23. The zero-order valence-electron chi connectivity index (χ0n) is 10.2. The van der Waals surface area contributed by atoms with Gasteiger partial charge in [-0.05, 0) is 50.1 Å². The van der Waals surface area contributed by atoms with Crippen LogP contribution in [-0.2, 0) is 6.18 Å². The molecule has 1 aromatic carbocycles. The molecule has 1 aromatic rings. The molecule has 0 aromatic heterocycles. The summed E-state index contributed by atoms with van der Waals surface area (Å²) in [5, 5.41) is 3.24. The monoisotopic (exact) mass is 259 g/mol. The second-order valence-corrected chi connectivity index (χ2v) is 4.64. The smallest absolute Gasteiger partial charge is 0.416 e. The van der Waals surface area contributed by atoms with E-state index in [4.69, 9.17) is 4.74 Å². The van der Waals surface area contributed by atoms with Crippen molar-refractivity contribution in [1.82, 2.24) is 5.32 Å². The molecule has 2 nitrogen and oxygen atoms in total. The maximum atomic E-state index is 12.6. The number of aryl methyl sites for hydroxylation is 1. The van der Waals surface area contributed by atoms with Gasteiger partial charge in [0.25, 0.3) is 0 Å². The number of benzene rings is 1. The third-order valence-electron chi connectivity index (χ3n) is 2.99. The van der Waals surface area contributed by atoms with E-state index in [2.05, 4.69) is 5.32 Å². The Labute approximate surface area is 104 Å². The van der Waals surface area contributed by atoms with Crippen molar-refractivity contribution < 1.29 is 17.9 Å². The van der Waals surface area contributed by atoms with Crippen LogP contribution >= 0.6 is 0 Å². The molecule has 1 N–H and O–H groups in total. The standard InChI is InChI=1S/C13H16F3NO/c1-9-5-10(13(14,15)16)7-12(6-9)18-8-11-3-2-4-17-11/h5-7,11,17H,2-4,8H2,1H3/t11-/m0/s1. The van der Waals surface area contributed by atoms with E-state index >= 15 is 0 Å². The molecule has 1 aliphatic rings. The largest absolute Gasteiger partial charge is 0.492 e. The summed E-state index contributed by atoms with van der Waals surface area (Å²) < 4.78 is 43.3. The third-order valence-corrected chi connectivity index (χ3v) is 2.99. The lowest BCUT2D eigenvalue weighted by molar-refractivity contribution is -0.137. The summed E-state index contributed by atoms with van der Waals surface area (Å²) in [6.07, 6.45) is -2.22. The highest BCUT2D eigenvalue weighted by Crippen LogP contribution is 2.32. The van der Waals surface area contributed by atoms with Crippen molar-refractivity contribution in [2.45, 2.75) is 32.0 Å². The Morgan fingerprint density at radius 1 is 1.33 bits per heavy atom. The summed E-state index contributed by atoms with van der Waals surface area (Å²) in [7, 11) is 0. The number of halogens is 3. The van der Waals surface area contributed by atoms with Crippen molar-refractivity contribution in [3.05, 3.63) is 29.3 Å². The predicted molar refractivity (Wildman–Crippen MR) is 62.7 cm³/mol. The number of ether oxygens (including phenoxy) is 1. The fourth-order valence-corrected chi connectivity index (χ4v) is 2.09.